The highest BCUT2D eigenvalue weighted by Gasteiger charge is 2.38. The van der Waals surface area contributed by atoms with E-state index in [1.54, 1.807) is 0 Å². The fraction of sp³-hybridized carbons (Fsp3) is 0.889. The average molecular weight is 481 g/mol. The molecule has 7 nitrogen and oxygen atoms in total. The summed E-state index contributed by atoms with van der Waals surface area (Å²) >= 11 is 0. The quantitative estimate of drug-likeness (QED) is 0.291. The predicted molar refractivity (Wildman–Crippen MR) is 116 cm³/mol. The zero-order chi connectivity index (χ0) is 18.0. The first-order valence-corrected chi connectivity index (χ1v) is 9.82. The normalized spacial score (nSPS) is 20.8. The van der Waals surface area contributed by atoms with E-state index in [0.29, 0.717) is 6.54 Å². The van der Waals surface area contributed by atoms with Gasteiger partial charge < -0.3 is 20.7 Å². The second kappa shape index (κ2) is 12.7. The molecule has 0 unspecified atom stereocenters. The van der Waals surface area contributed by atoms with Crippen molar-refractivity contribution in [1.82, 2.24) is 20.9 Å². The summed E-state index contributed by atoms with van der Waals surface area (Å²) in [6.45, 7) is 10.1. The van der Waals surface area contributed by atoms with Crippen LogP contribution in [0.4, 0.5) is 0 Å². The molecule has 2 fully saturated rings. The topological polar surface area (TPSA) is 78.0 Å². The Kier molecular flexibility index (Phi) is 11.5. The third kappa shape index (κ3) is 7.19. The van der Waals surface area contributed by atoms with Crippen molar-refractivity contribution in [3.8, 4) is 0 Å². The summed E-state index contributed by atoms with van der Waals surface area (Å²) in [6, 6.07) is 0. The molecule has 0 aromatic rings. The first-order valence-electron chi connectivity index (χ1n) is 9.82. The Morgan fingerprint density at radius 3 is 2.31 bits per heavy atom. The van der Waals surface area contributed by atoms with Crippen LogP contribution in [0.15, 0.2) is 4.99 Å². The van der Waals surface area contributed by atoms with Crippen LogP contribution in [0, 0.1) is 0 Å². The molecule has 0 radical (unpaired) electrons. The summed E-state index contributed by atoms with van der Waals surface area (Å²) in [7, 11) is 0. The van der Waals surface area contributed by atoms with Crippen molar-refractivity contribution in [1.29, 1.82) is 0 Å². The number of carbonyl (C=O) groups excluding carboxylic acids is 1. The van der Waals surface area contributed by atoms with Gasteiger partial charge in [0, 0.05) is 38.3 Å². The maximum atomic E-state index is 11.7. The first kappa shape index (κ1) is 23.4. The molecular weight excluding hydrogens is 445 g/mol. The van der Waals surface area contributed by atoms with Crippen LogP contribution < -0.4 is 16.0 Å². The number of nitrogens with one attached hydrogen (secondary N) is 3. The zero-order valence-electron chi connectivity index (χ0n) is 16.3. The number of halogens is 1. The van der Waals surface area contributed by atoms with Crippen LogP contribution in [0.3, 0.4) is 0 Å². The van der Waals surface area contributed by atoms with Gasteiger partial charge in [0.15, 0.2) is 5.96 Å². The highest BCUT2D eigenvalue weighted by Crippen LogP contribution is 2.33. The zero-order valence-corrected chi connectivity index (χ0v) is 18.6. The van der Waals surface area contributed by atoms with Crippen LogP contribution >= 0.6 is 24.0 Å². The van der Waals surface area contributed by atoms with Crippen LogP contribution in [0.25, 0.3) is 0 Å². The molecule has 1 amide bonds. The van der Waals surface area contributed by atoms with Crippen LogP contribution in [0.2, 0.25) is 0 Å². The molecule has 3 N–H and O–H groups in total. The Balaban J connectivity index is 0.00000338. The Bertz CT molecular complexity index is 435. The third-order valence-corrected chi connectivity index (χ3v) is 5.15. The number of guanidine groups is 1. The molecule has 152 valence electrons. The molecule has 2 aliphatic rings. The molecular formula is C18H36IN5O2. The fourth-order valence-electron chi connectivity index (χ4n) is 3.85. The molecule has 0 aromatic heterocycles. The molecule has 0 atom stereocenters. The van der Waals surface area contributed by atoms with Crippen molar-refractivity contribution in [2.75, 3.05) is 52.5 Å². The van der Waals surface area contributed by atoms with E-state index in [1.807, 2.05) is 13.8 Å². The van der Waals surface area contributed by atoms with E-state index in [2.05, 4.69) is 25.8 Å². The lowest BCUT2D eigenvalue weighted by atomic mass is 9.80. The monoisotopic (exact) mass is 481 g/mol. The molecule has 0 bridgehead atoms. The van der Waals surface area contributed by atoms with Gasteiger partial charge in [0.05, 0.1) is 13.2 Å². The van der Waals surface area contributed by atoms with Crippen LogP contribution in [0.1, 0.15) is 46.0 Å². The molecule has 2 rings (SSSR count). The van der Waals surface area contributed by atoms with Crippen LogP contribution in [0.5, 0.6) is 0 Å². The van der Waals surface area contributed by atoms with Gasteiger partial charge in [-0.1, -0.05) is 19.3 Å². The van der Waals surface area contributed by atoms with E-state index >= 15 is 0 Å². The fourth-order valence-corrected chi connectivity index (χ4v) is 3.85. The van der Waals surface area contributed by atoms with E-state index in [9.17, 15) is 4.79 Å². The van der Waals surface area contributed by atoms with Gasteiger partial charge in [0.2, 0.25) is 5.91 Å². The Morgan fingerprint density at radius 1 is 1.04 bits per heavy atom. The minimum absolute atomic E-state index is 0. The summed E-state index contributed by atoms with van der Waals surface area (Å²) in [6.07, 6.45) is 6.33. The number of ether oxygens (including phenoxy) is 1. The molecule has 0 spiro atoms. The van der Waals surface area contributed by atoms with Crippen molar-refractivity contribution in [2.24, 2.45) is 4.99 Å². The molecule has 8 heteroatoms. The maximum absolute atomic E-state index is 11.7. The van der Waals surface area contributed by atoms with E-state index in [1.165, 1.54) is 32.1 Å². The molecule has 26 heavy (non-hydrogen) atoms. The lowest BCUT2D eigenvalue weighted by Gasteiger charge is -2.48. The number of hydrogen-bond donors (Lipinski definition) is 3. The van der Waals surface area contributed by atoms with Crippen molar-refractivity contribution >= 4 is 35.8 Å². The Morgan fingerprint density at radius 2 is 1.69 bits per heavy atom. The van der Waals surface area contributed by atoms with Gasteiger partial charge >= 0.3 is 0 Å². The van der Waals surface area contributed by atoms with E-state index < -0.39 is 0 Å². The van der Waals surface area contributed by atoms with Gasteiger partial charge in [0.25, 0.3) is 0 Å². The summed E-state index contributed by atoms with van der Waals surface area (Å²) in [5, 5.41) is 9.54. The Labute approximate surface area is 175 Å². The number of rotatable bonds is 7. The third-order valence-electron chi connectivity index (χ3n) is 5.15. The largest absolute Gasteiger partial charge is 0.379 e. The molecule has 1 aliphatic carbocycles. The van der Waals surface area contributed by atoms with E-state index in [-0.39, 0.29) is 42.0 Å². The number of likely N-dealkylation sites (N-methyl/N-ethyl adjacent to an activating group) is 1. The molecule has 1 aliphatic heterocycles. The van der Waals surface area contributed by atoms with Gasteiger partial charge in [-0.3, -0.25) is 9.69 Å². The Hall–Kier alpha value is -0.610. The number of carbonyl (C=O) groups is 1. The first-order chi connectivity index (χ1) is 12.2. The number of morpholine rings is 1. The van der Waals surface area contributed by atoms with Gasteiger partial charge in [-0.25, -0.2) is 4.99 Å². The lowest BCUT2D eigenvalue weighted by Crippen LogP contribution is -2.60. The van der Waals surface area contributed by atoms with Crippen LogP contribution in [-0.2, 0) is 9.53 Å². The van der Waals surface area contributed by atoms with Gasteiger partial charge in [-0.05, 0) is 26.7 Å². The lowest BCUT2D eigenvalue weighted by molar-refractivity contribution is -0.119. The highest BCUT2D eigenvalue weighted by molar-refractivity contribution is 14.0. The highest BCUT2D eigenvalue weighted by atomic mass is 127. The molecule has 1 saturated heterocycles. The van der Waals surface area contributed by atoms with Gasteiger partial charge in [0.1, 0.15) is 6.54 Å². The maximum Gasteiger partial charge on any atom is 0.241 e. The second-order valence-electron chi connectivity index (χ2n) is 6.89. The predicted octanol–water partition coefficient (Wildman–Crippen LogP) is 1.33. The van der Waals surface area contributed by atoms with E-state index in [4.69, 9.17) is 4.74 Å². The van der Waals surface area contributed by atoms with Crippen molar-refractivity contribution in [2.45, 2.75) is 51.5 Å². The standard InChI is InChI=1S/C18H35N5O2.HI/c1-3-19-16(24)14-21-17(20-4-2)22-15-18(8-6-5-7-9-18)23-10-12-25-13-11-23;/h3-15H2,1-2H3,(H,19,24)(H2,20,21,22);1H. The molecule has 1 saturated carbocycles. The van der Waals surface area contributed by atoms with Gasteiger partial charge in [-0.2, -0.15) is 0 Å². The van der Waals surface area contributed by atoms with Crippen molar-refractivity contribution < 1.29 is 9.53 Å². The van der Waals surface area contributed by atoms with Gasteiger partial charge in [-0.15, -0.1) is 24.0 Å². The minimum atomic E-state index is -0.0414. The number of amides is 1. The number of nitrogens with zero attached hydrogens (tertiary/aromatic N) is 2. The summed E-state index contributed by atoms with van der Waals surface area (Å²) in [5.41, 5.74) is 0.184. The number of hydrogen-bond acceptors (Lipinski definition) is 4. The molecule has 0 aromatic carbocycles. The summed E-state index contributed by atoms with van der Waals surface area (Å²) in [4.78, 5) is 18.7. The van der Waals surface area contributed by atoms with E-state index in [0.717, 1.165) is 45.4 Å². The van der Waals surface area contributed by atoms with Crippen LogP contribution in [-0.4, -0.2) is 74.8 Å². The molecule has 1 heterocycles. The van der Waals surface area contributed by atoms with Crippen molar-refractivity contribution in [3.05, 3.63) is 0 Å². The smallest absolute Gasteiger partial charge is 0.241 e. The average Bonchev–Trinajstić information content (AvgIpc) is 2.66. The minimum Gasteiger partial charge on any atom is -0.379 e. The second-order valence-corrected chi connectivity index (χ2v) is 6.89. The number of aliphatic imine (C=N–C) groups is 1. The SMILES string of the molecule is CCNC(=O)CN=C(NCC)NCC1(N2CCOCC2)CCCCC1.I. The van der Waals surface area contributed by atoms with Crippen molar-refractivity contribution in [3.63, 3.8) is 0 Å². The summed E-state index contributed by atoms with van der Waals surface area (Å²) < 4.78 is 5.54. The summed E-state index contributed by atoms with van der Waals surface area (Å²) in [5.74, 6) is 0.687.